The highest BCUT2D eigenvalue weighted by atomic mass is 19.1. The van der Waals surface area contributed by atoms with Crippen molar-refractivity contribution in [2.45, 2.75) is 18.9 Å². The number of anilines is 1. The lowest BCUT2D eigenvalue weighted by Crippen LogP contribution is -2.35. The monoisotopic (exact) mass is 272 g/mol. The molecule has 4 nitrogen and oxygen atoms in total. The number of nitrogens with zero attached hydrogens (tertiary/aromatic N) is 2. The van der Waals surface area contributed by atoms with Gasteiger partial charge in [-0.1, -0.05) is 0 Å². The van der Waals surface area contributed by atoms with E-state index in [-0.39, 0.29) is 5.82 Å². The van der Waals surface area contributed by atoms with Gasteiger partial charge in [0, 0.05) is 11.6 Å². The van der Waals surface area contributed by atoms with Crippen molar-refractivity contribution in [1.82, 2.24) is 15.3 Å². The van der Waals surface area contributed by atoms with Crippen LogP contribution in [0.15, 0.2) is 36.7 Å². The zero-order chi connectivity index (χ0) is 13.8. The average molecular weight is 272 g/mol. The standard InChI is InChI=1S/C15H17FN4/c16-12-3-1-11(2-4-12)15-18-9-14(10-19-15)20-13-5-7-17-8-6-13/h1-4,9-10,13,17,20H,5-8H2. The van der Waals surface area contributed by atoms with E-state index in [9.17, 15) is 4.39 Å². The predicted molar refractivity (Wildman–Crippen MR) is 76.9 cm³/mol. The zero-order valence-corrected chi connectivity index (χ0v) is 11.1. The molecule has 0 saturated carbocycles. The topological polar surface area (TPSA) is 49.8 Å². The first-order valence-electron chi connectivity index (χ1n) is 6.86. The van der Waals surface area contributed by atoms with E-state index in [4.69, 9.17) is 0 Å². The fourth-order valence-electron chi connectivity index (χ4n) is 2.35. The minimum Gasteiger partial charge on any atom is -0.380 e. The van der Waals surface area contributed by atoms with Gasteiger partial charge in [-0.05, 0) is 50.2 Å². The van der Waals surface area contributed by atoms with Crippen molar-refractivity contribution in [3.05, 3.63) is 42.5 Å². The Bertz CT molecular complexity index is 547. The van der Waals surface area contributed by atoms with Crippen LogP contribution >= 0.6 is 0 Å². The van der Waals surface area contributed by atoms with Gasteiger partial charge in [-0.2, -0.15) is 0 Å². The van der Waals surface area contributed by atoms with Gasteiger partial charge in [0.25, 0.3) is 0 Å². The highest BCUT2D eigenvalue weighted by molar-refractivity contribution is 5.55. The lowest BCUT2D eigenvalue weighted by molar-refractivity contribution is 0.479. The van der Waals surface area contributed by atoms with Crippen molar-refractivity contribution in [2.24, 2.45) is 0 Å². The zero-order valence-electron chi connectivity index (χ0n) is 11.1. The molecule has 0 unspecified atom stereocenters. The van der Waals surface area contributed by atoms with E-state index in [0.717, 1.165) is 37.2 Å². The van der Waals surface area contributed by atoms with Gasteiger partial charge in [0.2, 0.25) is 0 Å². The quantitative estimate of drug-likeness (QED) is 0.901. The Morgan fingerprint density at radius 2 is 1.70 bits per heavy atom. The van der Waals surface area contributed by atoms with E-state index in [1.165, 1.54) is 12.1 Å². The van der Waals surface area contributed by atoms with Gasteiger partial charge in [-0.25, -0.2) is 14.4 Å². The largest absolute Gasteiger partial charge is 0.380 e. The number of piperidine rings is 1. The van der Waals surface area contributed by atoms with Crippen LogP contribution in [0.25, 0.3) is 11.4 Å². The Morgan fingerprint density at radius 3 is 2.35 bits per heavy atom. The van der Waals surface area contributed by atoms with Crippen molar-refractivity contribution in [1.29, 1.82) is 0 Å². The van der Waals surface area contributed by atoms with E-state index in [2.05, 4.69) is 20.6 Å². The highest BCUT2D eigenvalue weighted by Crippen LogP contribution is 2.17. The number of benzene rings is 1. The second-order valence-electron chi connectivity index (χ2n) is 4.97. The van der Waals surface area contributed by atoms with Crippen LogP contribution in [0, 0.1) is 5.82 Å². The fraction of sp³-hybridized carbons (Fsp3) is 0.333. The molecule has 2 N–H and O–H groups in total. The predicted octanol–water partition coefficient (Wildman–Crippen LogP) is 2.45. The summed E-state index contributed by atoms with van der Waals surface area (Å²) in [6.45, 7) is 2.10. The van der Waals surface area contributed by atoms with Gasteiger partial charge in [-0.3, -0.25) is 0 Å². The number of aromatic nitrogens is 2. The van der Waals surface area contributed by atoms with Crippen LogP contribution in [0.4, 0.5) is 10.1 Å². The smallest absolute Gasteiger partial charge is 0.159 e. The molecule has 0 bridgehead atoms. The van der Waals surface area contributed by atoms with Crippen molar-refractivity contribution in [3.63, 3.8) is 0 Å². The molecule has 1 saturated heterocycles. The Hall–Kier alpha value is -2.01. The summed E-state index contributed by atoms with van der Waals surface area (Å²) in [5.74, 6) is 0.360. The molecule has 5 heteroatoms. The molecule has 2 aromatic rings. The van der Waals surface area contributed by atoms with Crippen LogP contribution in [-0.2, 0) is 0 Å². The summed E-state index contributed by atoms with van der Waals surface area (Å²) < 4.78 is 12.9. The number of hydrogen-bond acceptors (Lipinski definition) is 4. The van der Waals surface area contributed by atoms with E-state index in [1.807, 2.05) is 0 Å². The van der Waals surface area contributed by atoms with Crippen molar-refractivity contribution in [2.75, 3.05) is 18.4 Å². The molecule has 104 valence electrons. The molecule has 1 aliphatic heterocycles. The molecule has 1 aromatic carbocycles. The van der Waals surface area contributed by atoms with E-state index in [0.29, 0.717) is 11.9 Å². The van der Waals surface area contributed by atoms with E-state index < -0.39 is 0 Å². The van der Waals surface area contributed by atoms with Crippen molar-refractivity contribution < 1.29 is 4.39 Å². The molecule has 0 atom stereocenters. The number of hydrogen-bond donors (Lipinski definition) is 2. The van der Waals surface area contributed by atoms with Crippen molar-refractivity contribution >= 4 is 5.69 Å². The lowest BCUT2D eigenvalue weighted by atomic mass is 10.1. The van der Waals surface area contributed by atoms with Crippen LogP contribution < -0.4 is 10.6 Å². The summed E-state index contributed by atoms with van der Waals surface area (Å²) in [7, 11) is 0. The van der Waals surface area contributed by atoms with E-state index in [1.54, 1.807) is 24.5 Å². The van der Waals surface area contributed by atoms with Crippen LogP contribution in [0.1, 0.15) is 12.8 Å². The maximum absolute atomic E-state index is 12.9. The van der Waals surface area contributed by atoms with Crippen LogP contribution in [-0.4, -0.2) is 29.1 Å². The third-order valence-electron chi connectivity index (χ3n) is 3.46. The summed E-state index contributed by atoms with van der Waals surface area (Å²) in [5, 5.41) is 6.78. The lowest BCUT2D eigenvalue weighted by Gasteiger charge is -2.24. The molecule has 0 amide bonds. The summed E-state index contributed by atoms with van der Waals surface area (Å²) in [6.07, 6.45) is 5.79. The first-order valence-corrected chi connectivity index (χ1v) is 6.86. The van der Waals surface area contributed by atoms with Gasteiger partial charge in [0.1, 0.15) is 5.82 Å². The first kappa shape index (κ1) is 13.0. The van der Waals surface area contributed by atoms with Gasteiger partial charge in [0.15, 0.2) is 5.82 Å². The molecular formula is C15H17FN4. The molecule has 1 fully saturated rings. The summed E-state index contributed by atoms with van der Waals surface area (Å²) >= 11 is 0. The maximum Gasteiger partial charge on any atom is 0.159 e. The third kappa shape index (κ3) is 3.11. The Labute approximate surface area is 117 Å². The summed E-state index contributed by atoms with van der Waals surface area (Å²) in [6, 6.07) is 6.69. The molecule has 1 aliphatic rings. The molecule has 20 heavy (non-hydrogen) atoms. The molecule has 0 aliphatic carbocycles. The Morgan fingerprint density at radius 1 is 1.05 bits per heavy atom. The molecular weight excluding hydrogens is 255 g/mol. The molecule has 0 radical (unpaired) electrons. The number of rotatable bonds is 3. The Balaban J connectivity index is 1.69. The van der Waals surface area contributed by atoms with Crippen molar-refractivity contribution in [3.8, 4) is 11.4 Å². The molecule has 1 aromatic heterocycles. The van der Waals surface area contributed by atoms with Gasteiger partial charge in [0.05, 0.1) is 18.1 Å². The van der Waals surface area contributed by atoms with E-state index >= 15 is 0 Å². The SMILES string of the molecule is Fc1ccc(-c2ncc(NC3CCNCC3)cn2)cc1. The first-order chi connectivity index (χ1) is 9.81. The summed E-state index contributed by atoms with van der Waals surface area (Å²) in [5.41, 5.74) is 1.75. The molecule has 0 spiro atoms. The van der Waals surface area contributed by atoms with Gasteiger partial charge in [-0.15, -0.1) is 0 Å². The molecule has 2 heterocycles. The number of nitrogens with one attached hydrogen (secondary N) is 2. The Kier molecular flexibility index (Phi) is 3.87. The number of halogens is 1. The average Bonchev–Trinajstić information content (AvgIpc) is 2.50. The summed E-state index contributed by atoms with van der Waals surface area (Å²) in [4.78, 5) is 8.66. The minimum atomic E-state index is -0.252. The second kappa shape index (κ2) is 5.96. The molecule has 3 rings (SSSR count). The van der Waals surface area contributed by atoms with Crippen LogP contribution in [0.5, 0.6) is 0 Å². The highest BCUT2D eigenvalue weighted by Gasteiger charge is 2.12. The maximum atomic E-state index is 12.9. The van der Waals surface area contributed by atoms with Crippen LogP contribution in [0.3, 0.4) is 0 Å². The normalized spacial score (nSPS) is 16.1. The second-order valence-corrected chi connectivity index (χ2v) is 4.97. The van der Waals surface area contributed by atoms with Gasteiger partial charge < -0.3 is 10.6 Å². The minimum absolute atomic E-state index is 0.252. The third-order valence-corrected chi connectivity index (χ3v) is 3.46. The van der Waals surface area contributed by atoms with Crippen LogP contribution in [0.2, 0.25) is 0 Å². The fourth-order valence-corrected chi connectivity index (χ4v) is 2.35. The van der Waals surface area contributed by atoms with Gasteiger partial charge >= 0.3 is 0 Å².